The molecule has 1 aromatic rings. The van der Waals surface area contributed by atoms with Crippen molar-refractivity contribution in [2.24, 2.45) is 11.8 Å². The van der Waals surface area contributed by atoms with Crippen LogP contribution in [0.25, 0.3) is 0 Å². The van der Waals surface area contributed by atoms with Crippen LogP contribution in [-0.2, 0) is 0 Å². The Kier molecular flexibility index (Phi) is 2.23. The number of halogens is 1. The van der Waals surface area contributed by atoms with Crippen LogP contribution in [-0.4, -0.2) is 16.5 Å². The van der Waals surface area contributed by atoms with Crippen molar-refractivity contribution in [3.05, 3.63) is 12.0 Å². The van der Waals surface area contributed by atoms with Gasteiger partial charge in [0.05, 0.1) is 6.20 Å². The van der Waals surface area contributed by atoms with E-state index in [-0.39, 0.29) is 11.8 Å². The van der Waals surface area contributed by atoms with Crippen LogP contribution in [0, 0.1) is 17.7 Å². The molecular formula is C9H13FN4. The Morgan fingerprint density at radius 3 is 3.07 bits per heavy atom. The van der Waals surface area contributed by atoms with Gasteiger partial charge in [0.2, 0.25) is 5.95 Å². The van der Waals surface area contributed by atoms with Gasteiger partial charge in [-0.1, -0.05) is 6.92 Å². The van der Waals surface area contributed by atoms with Gasteiger partial charge in [-0.05, 0) is 18.3 Å². The van der Waals surface area contributed by atoms with Gasteiger partial charge in [0.25, 0.3) is 0 Å². The molecule has 1 aliphatic carbocycles. The van der Waals surface area contributed by atoms with Gasteiger partial charge in [-0.2, -0.15) is 4.98 Å². The van der Waals surface area contributed by atoms with Crippen molar-refractivity contribution in [2.45, 2.75) is 13.3 Å². The first kappa shape index (κ1) is 9.18. The van der Waals surface area contributed by atoms with Crippen molar-refractivity contribution < 1.29 is 4.39 Å². The molecule has 76 valence electrons. The lowest BCUT2D eigenvalue weighted by atomic mass is 10.3. The number of anilines is 2. The summed E-state index contributed by atoms with van der Waals surface area (Å²) in [7, 11) is 0. The van der Waals surface area contributed by atoms with E-state index in [0.717, 1.165) is 18.7 Å². The highest BCUT2D eigenvalue weighted by Crippen LogP contribution is 2.37. The molecule has 1 fully saturated rings. The van der Waals surface area contributed by atoms with Crippen molar-refractivity contribution in [2.75, 3.05) is 17.6 Å². The van der Waals surface area contributed by atoms with E-state index in [1.54, 1.807) is 0 Å². The van der Waals surface area contributed by atoms with Crippen molar-refractivity contribution >= 4 is 11.8 Å². The molecule has 0 saturated heterocycles. The highest BCUT2D eigenvalue weighted by molar-refractivity contribution is 5.39. The largest absolute Gasteiger partial charge is 0.368 e. The molecule has 5 heteroatoms. The maximum Gasteiger partial charge on any atom is 0.222 e. The average Bonchev–Trinajstić information content (AvgIpc) is 2.84. The minimum absolute atomic E-state index is 0.0951. The van der Waals surface area contributed by atoms with E-state index in [1.165, 1.54) is 6.42 Å². The standard InChI is InChI=1S/C9H13FN4/c1-5-2-6(5)3-12-8-7(10)4-13-9(11)14-8/h4-6H,2-3H2,1H3,(H3,11,12,13,14). The fourth-order valence-electron chi connectivity index (χ4n) is 1.42. The Hall–Kier alpha value is -1.39. The summed E-state index contributed by atoms with van der Waals surface area (Å²) >= 11 is 0. The molecule has 2 unspecified atom stereocenters. The molecule has 14 heavy (non-hydrogen) atoms. The number of aromatic nitrogens is 2. The molecule has 1 saturated carbocycles. The molecule has 1 heterocycles. The number of nitrogens with one attached hydrogen (secondary N) is 1. The van der Waals surface area contributed by atoms with Crippen molar-refractivity contribution in [3.63, 3.8) is 0 Å². The van der Waals surface area contributed by atoms with Gasteiger partial charge in [0.1, 0.15) is 0 Å². The van der Waals surface area contributed by atoms with Crippen LogP contribution in [0.1, 0.15) is 13.3 Å². The summed E-state index contributed by atoms with van der Waals surface area (Å²) in [6.07, 6.45) is 2.29. The molecule has 3 N–H and O–H groups in total. The Labute approximate surface area is 81.7 Å². The molecule has 0 spiro atoms. The summed E-state index contributed by atoms with van der Waals surface area (Å²) in [5.74, 6) is 1.23. The predicted octanol–water partition coefficient (Wildman–Crippen LogP) is 1.27. The van der Waals surface area contributed by atoms with E-state index in [2.05, 4.69) is 22.2 Å². The quantitative estimate of drug-likeness (QED) is 0.764. The van der Waals surface area contributed by atoms with Crippen LogP contribution in [0.4, 0.5) is 16.2 Å². The second-order valence-corrected chi connectivity index (χ2v) is 3.78. The highest BCUT2D eigenvalue weighted by atomic mass is 19.1. The first-order valence-corrected chi connectivity index (χ1v) is 4.68. The van der Waals surface area contributed by atoms with Gasteiger partial charge in [-0.25, -0.2) is 9.37 Å². The van der Waals surface area contributed by atoms with Gasteiger partial charge in [-0.15, -0.1) is 0 Å². The van der Waals surface area contributed by atoms with Gasteiger partial charge in [0.15, 0.2) is 11.6 Å². The molecule has 0 aliphatic heterocycles. The zero-order valence-electron chi connectivity index (χ0n) is 8.00. The molecule has 1 aromatic heterocycles. The Bertz CT molecular complexity index is 342. The first-order valence-electron chi connectivity index (χ1n) is 4.68. The summed E-state index contributed by atoms with van der Waals surface area (Å²) in [4.78, 5) is 7.33. The van der Waals surface area contributed by atoms with E-state index in [9.17, 15) is 4.39 Å². The van der Waals surface area contributed by atoms with E-state index < -0.39 is 5.82 Å². The lowest BCUT2D eigenvalue weighted by molar-refractivity contribution is 0.616. The molecule has 0 radical (unpaired) electrons. The molecule has 2 atom stereocenters. The summed E-state index contributed by atoms with van der Waals surface area (Å²) in [6, 6.07) is 0. The van der Waals surface area contributed by atoms with Crippen molar-refractivity contribution in [1.29, 1.82) is 0 Å². The van der Waals surface area contributed by atoms with E-state index in [1.807, 2.05) is 0 Å². The van der Waals surface area contributed by atoms with Gasteiger partial charge >= 0.3 is 0 Å². The third-order valence-corrected chi connectivity index (χ3v) is 2.57. The fourth-order valence-corrected chi connectivity index (χ4v) is 1.42. The zero-order chi connectivity index (χ0) is 10.1. The van der Waals surface area contributed by atoms with E-state index >= 15 is 0 Å². The molecule has 2 rings (SSSR count). The van der Waals surface area contributed by atoms with Crippen LogP contribution in [0.3, 0.4) is 0 Å². The molecule has 4 nitrogen and oxygen atoms in total. The second kappa shape index (κ2) is 3.40. The van der Waals surface area contributed by atoms with Gasteiger partial charge < -0.3 is 11.1 Å². The first-order chi connectivity index (χ1) is 6.66. The third kappa shape index (κ3) is 1.92. The molecule has 0 amide bonds. The normalized spacial score (nSPS) is 24.7. The molecule has 0 bridgehead atoms. The Balaban J connectivity index is 1.97. The van der Waals surface area contributed by atoms with Crippen molar-refractivity contribution in [1.82, 2.24) is 9.97 Å². The summed E-state index contributed by atoms with van der Waals surface area (Å²) in [5.41, 5.74) is 5.35. The monoisotopic (exact) mass is 196 g/mol. The summed E-state index contributed by atoms with van der Waals surface area (Å²) < 4.78 is 13.1. The second-order valence-electron chi connectivity index (χ2n) is 3.78. The molecule has 1 aliphatic rings. The number of hydrogen-bond acceptors (Lipinski definition) is 4. The lowest BCUT2D eigenvalue weighted by Gasteiger charge is -2.05. The fraction of sp³-hybridized carbons (Fsp3) is 0.556. The number of nitrogen functional groups attached to an aromatic ring is 1. The number of rotatable bonds is 3. The maximum absolute atomic E-state index is 13.1. The van der Waals surface area contributed by atoms with Crippen LogP contribution in [0.5, 0.6) is 0 Å². The van der Waals surface area contributed by atoms with Crippen molar-refractivity contribution in [3.8, 4) is 0 Å². The summed E-state index contributed by atoms with van der Waals surface area (Å²) in [6.45, 7) is 2.94. The summed E-state index contributed by atoms with van der Waals surface area (Å²) in [5, 5.41) is 2.94. The van der Waals surface area contributed by atoms with E-state index in [0.29, 0.717) is 5.92 Å². The van der Waals surface area contributed by atoms with Crippen LogP contribution in [0.15, 0.2) is 6.20 Å². The zero-order valence-corrected chi connectivity index (χ0v) is 8.00. The highest BCUT2D eigenvalue weighted by Gasteiger charge is 2.32. The Morgan fingerprint density at radius 1 is 1.71 bits per heavy atom. The minimum Gasteiger partial charge on any atom is -0.368 e. The predicted molar refractivity (Wildman–Crippen MR) is 52.2 cm³/mol. The smallest absolute Gasteiger partial charge is 0.222 e. The lowest BCUT2D eigenvalue weighted by Crippen LogP contribution is -2.09. The maximum atomic E-state index is 13.1. The van der Waals surface area contributed by atoms with E-state index in [4.69, 9.17) is 5.73 Å². The van der Waals surface area contributed by atoms with Gasteiger partial charge in [0, 0.05) is 6.54 Å². The van der Waals surface area contributed by atoms with Crippen LogP contribution >= 0.6 is 0 Å². The Morgan fingerprint density at radius 2 is 2.43 bits per heavy atom. The van der Waals surface area contributed by atoms with Crippen LogP contribution < -0.4 is 11.1 Å². The molecular weight excluding hydrogens is 183 g/mol. The number of hydrogen-bond donors (Lipinski definition) is 2. The third-order valence-electron chi connectivity index (χ3n) is 2.57. The number of nitrogens with two attached hydrogens (primary N) is 1. The minimum atomic E-state index is -0.451. The van der Waals surface area contributed by atoms with Crippen LogP contribution in [0.2, 0.25) is 0 Å². The number of nitrogens with zero attached hydrogens (tertiary/aromatic N) is 2. The van der Waals surface area contributed by atoms with Gasteiger partial charge in [-0.3, -0.25) is 0 Å². The SMILES string of the molecule is CC1CC1CNc1nc(N)ncc1F. The molecule has 0 aromatic carbocycles. The average molecular weight is 196 g/mol. The topological polar surface area (TPSA) is 63.8 Å².